The lowest BCUT2D eigenvalue weighted by Gasteiger charge is -2.19. The highest BCUT2D eigenvalue weighted by Gasteiger charge is 2.18. The van der Waals surface area contributed by atoms with Crippen LogP contribution in [0.1, 0.15) is 25.1 Å². The van der Waals surface area contributed by atoms with E-state index < -0.39 is 5.60 Å². The van der Waals surface area contributed by atoms with Gasteiger partial charge in [-0.05, 0) is 26.0 Å². The smallest absolute Gasteiger partial charge is 0.0861 e. The van der Waals surface area contributed by atoms with Gasteiger partial charge in [0.15, 0.2) is 0 Å². The van der Waals surface area contributed by atoms with Crippen molar-refractivity contribution in [2.75, 3.05) is 0 Å². The van der Waals surface area contributed by atoms with Crippen molar-refractivity contribution in [3.63, 3.8) is 0 Å². The number of hydrogen-bond donors (Lipinski definition) is 1. The molecule has 0 aliphatic heterocycles. The van der Waals surface area contributed by atoms with E-state index in [0.717, 1.165) is 11.3 Å². The molecule has 1 N–H and O–H groups in total. The molecule has 0 aromatic carbocycles. The fourth-order valence-corrected chi connectivity index (χ4v) is 1.10. The molecule has 0 amide bonds. The molecule has 2 nitrogen and oxygen atoms in total. The first kappa shape index (κ1) is 8.94. The molecule has 0 unspecified atom stereocenters. The minimum Gasteiger partial charge on any atom is -0.386 e. The van der Waals surface area contributed by atoms with E-state index in [2.05, 4.69) is 11.6 Å². The van der Waals surface area contributed by atoms with Crippen LogP contribution in [0.15, 0.2) is 24.9 Å². The van der Waals surface area contributed by atoms with Gasteiger partial charge < -0.3 is 5.11 Å². The van der Waals surface area contributed by atoms with Crippen molar-refractivity contribution in [2.45, 2.75) is 19.4 Å². The summed E-state index contributed by atoms with van der Waals surface area (Å²) in [4.78, 5) is 4.09. The lowest BCUT2D eigenvalue weighted by atomic mass is 9.97. The van der Waals surface area contributed by atoms with Crippen LogP contribution in [0.4, 0.5) is 0 Å². The Morgan fingerprint density at radius 2 is 2.25 bits per heavy atom. The summed E-state index contributed by atoms with van der Waals surface area (Å²) in [7, 11) is 0. The largest absolute Gasteiger partial charge is 0.386 e. The summed E-state index contributed by atoms with van der Waals surface area (Å²) in [6.45, 7) is 7.10. The summed E-state index contributed by atoms with van der Waals surface area (Å²) in [6, 6.07) is 3.66. The van der Waals surface area contributed by atoms with Gasteiger partial charge >= 0.3 is 0 Å². The van der Waals surface area contributed by atoms with Crippen molar-refractivity contribution in [3.8, 4) is 0 Å². The van der Waals surface area contributed by atoms with Crippen molar-refractivity contribution in [1.29, 1.82) is 0 Å². The molecule has 12 heavy (non-hydrogen) atoms. The second-order valence-electron chi connectivity index (χ2n) is 3.20. The quantitative estimate of drug-likeness (QED) is 0.722. The minimum absolute atomic E-state index is 0.741. The van der Waals surface area contributed by atoms with Crippen LogP contribution >= 0.6 is 0 Å². The van der Waals surface area contributed by atoms with Crippen molar-refractivity contribution in [1.82, 2.24) is 4.98 Å². The second kappa shape index (κ2) is 3.07. The van der Waals surface area contributed by atoms with Crippen LogP contribution in [0.25, 0.3) is 6.08 Å². The van der Waals surface area contributed by atoms with Gasteiger partial charge in [0, 0.05) is 11.8 Å². The Hall–Kier alpha value is -1.15. The highest BCUT2D eigenvalue weighted by Crippen LogP contribution is 2.22. The summed E-state index contributed by atoms with van der Waals surface area (Å²) in [5, 5.41) is 9.71. The highest BCUT2D eigenvalue weighted by atomic mass is 16.3. The summed E-state index contributed by atoms with van der Waals surface area (Å²) in [6.07, 6.45) is 3.33. The molecule has 0 atom stereocenters. The molecule has 0 bridgehead atoms. The van der Waals surface area contributed by atoms with Gasteiger partial charge in [0.25, 0.3) is 0 Å². The van der Waals surface area contributed by atoms with E-state index in [1.54, 1.807) is 32.2 Å². The first-order chi connectivity index (χ1) is 5.55. The van der Waals surface area contributed by atoms with E-state index in [4.69, 9.17) is 0 Å². The van der Waals surface area contributed by atoms with Gasteiger partial charge in [-0.3, -0.25) is 4.98 Å². The maximum absolute atomic E-state index is 9.71. The van der Waals surface area contributed by atoms with E-state index in [-0.39, 0.29) is 0 Å². The summed E-state index contributed by atoms with van der Waals surface area (Å²) < 4.78 is 0. The Morgan fingerprint density at radius 1 is 1.58 bits per heavy atom. The fourth-order valence-electron chi connectivity index (χ4n) is 1.10. The molecular formula is C10H13NO. The Bertz CT molecular complexity index is 286. The van der Waals surface area contributed by atoms with Gasteiger partial charge in [0.1, 0.15) is 0 Å². The molecule has 64 valence electrons. The highest BCUT2D eigenvalue weighted by molar-refractivity contribution is 5.48. The zero-order chi connectivity index (χ0) is 9.19. The van der Waals surface area contributed by atoms with Crippen LogP contribution in [0.3, 0.4) is 0 Å². The van der Waals surface area contributed by atoms with Gasteiger partial charge in [0.2, 0.25) is 0 Å². The Kier molecular flexibility index (Phi) is 2.29. The maximum atomic E-state index is 9.71. The summed E-state index contributed by atoms with van der Waals surface area (Å²) in [5.41, 5.74) is 0.697. The first-order valence-electron chi connectivity index (χ1n) is 3.86. The number of pyridine rings is 1. The summed E-state index contributed by atoms with van der Waals surface area (Å²) >= 11 is 0. The average molecular weight is 163 g/mol. The van der Waals surface area contributed by atoms with E-state index in [1.165, 1.54) is 0 Å². The molecule has 2 heteroatoms. The van der Waals surface area contributed by atoms with Crippen LogP contribution in [-0.2, 0) is 5.60 Å². The summed E-state index contributed by atoms with van der Waals surface area (Å²) in [5.74, 6) is 0. The molecule has 0 radical (unpaired) electrons. The Balaban J connectivity index is 3.23. The standard InChI is InChI=1S/C10H13NO/c1-4-9-8(10(2,3)12)6-5-7-11-9/h4-7,12H,1H2,2-3H3. The lowest BCUT2D eigenvalue weighted by molar-refractivity contribution is 0.0780. The molecule has 0 aliphatic rings. The van der Waals surface area contributed by atoms with Crippen LogP contribution in [-0.4, -0.2) is 10.1 Å². The van der Waals surface area contributed by atoms with Crippen LogP contribution < -0.4 is 0 Å². The van der Waals surface area contributed by atoms with Gasteiger partial charge in [0.05, 0.1) is 11.3 Å². The second-order valence-corrected chi connectivity index (χ2v) is 3.20. The molecule has 1 rings (SSSR count). The minimum atomic E-state index is -0.849. The van der Waals surface area contributed by atoms with Crippen molar-refractivity contribution < 1.29 is 5.11 Å². The van der Waals surface area contributed by atoms with E-state index >= 15 is 0 Å². The zero-order valence-corrected chi connectivity index (χ0v) is 7.41. The molecule has 0 fully saturated rings. The molecule has 0 saturated heterocycles. The lowest BCUT2D eigenvalue weighted by Crippen LogP contribution is -2.17. The zero-order valence-electron chi connectivity index (χ0n) is 7.41. The Morgan fingerprint density at radius 3 is 2.67 bits per heavy atom. The van der Waals surface area contributed by atoms with Gasteiger partial charge in [-0.15, -0.1) is 0 Å². The fraction of sp³-hybridized carbons (Fsp3) is 0.300. The SMILES string of the molecule is C=Cc1ncccc1C(C)(C)O. The number of nitrogens with zero attached hydrogens (tertiary/aromatic N) is 1. The number of aliphatic hydroxyl groups is 1. The van der Waals surface area contributed by atoms with Crippen LogP contribution in [0.2, 0.25) is 0 Å². The maximum Gasteiger partial charge on any atom is 0.0861 e. The van der Waals surface area contributed by atoms with Gasteiger partial charge in [-0.2, -0.15) is 0 Å². The van der Waals surface area contributed by atoms with E-state index in [1.807, 2.05) is 6.07 Å². The van der Waals surface area contributed by atoms with Gasteiger partial charge in [-0.25, -0.2) is 0 Å². The van der Waals surface area contributed by atoms with Crippen molar-refractivity contribution in [3.05, 3.63) is 36.2 Å². The van der Waals surface area contributed by atoms with Crippen LogP contribution in [0, 0.1) is 0 Å². The van der Waals surface area contributed by atoms with Crippen LogP contribution in [0.5, 0.6) is 0 Å². The Labute approximate surface area is 72.6 Å². The monoisotopic (exact) mass is 163 g/mol. The third-order valence-electron chi connectivity index (χ3n) is 1.69. The topological polar surface area (TPSA) is 33.1 Å². The van der Waals surface area contributed by atoms with Crippen molar-refractivity contribution >= 4 is 6.08 Å². The molecule has 0 aliphatic carbocycles. The first-order valence-corrected chi connectivity index (χ1v) is 3.86. The van der Waals surface area contributed by atoms with E-state index in [0.29, 0.717) is 0 Å². The molecule has 1 aromatic heterocycles. The molecule has 1 heterocycles. The molecule has 0 spiro atoms. The molecule has 1 aromatic rings. The third-order valence-corrected chi connectivity index (χ3v) is 1.69. The number of rotatable bonds is 2. The number of aromatic nitrogens is 1. The third kappa shape index (κ3) is 1.71. The molecular weight excluding hydrogens is 150 g/mol. The number of hydrogen-bond acceptors (Lipinski definition) is 2. The normalized spacial score (nSPS) is 11.2. The molecule has 0 saturated carbocycles. The van der Waals surface area contributed by atoms with Gasteiger partial charge in [-0.1, -0.05) is 12.6 Å². The predicted octanol–water partition coefficient (Wildman–Crippen LogP) is 1.95. The average Bonchev–Trinajstić information content (AvgIpc) is 2.03. The van der Waals surface area contributed by atoms with Crippen molar-refractivity contribution in [2.24, 2.45) is 0 Å². The predicted molar refractivity (Wildman–Crippen MR) is 49.6 cm³/mol. The van der Waals surface area contributed by atoms with E-state index in [9.17, 15) is 5.11 Å².